The first-order valence-corrected chi connectivity index (χ1v) is 9.06. The highest BCUT2D eigenvalue weighted by molar-refractivity contribution is 6.05. The molecule has 0 aliphatic rings. The molecule has 0 fully saturated rings. The van der Waals surface area contributed by atoms with E-state index in [2.05, 4.69) is 9.97 Å². The Bertz CT molecular complexity index is 1250. The average Bonchev–Trinajstić information content (AvgIpc) is 3.12. The molecular weight excluding hydrogens is 349 g/mol. The van der Waals surface area contributed by atoms with Crippen LogP contribution in [0.2, 0.25) is 0 Å². The van der Waals surface area contributed by atoms with Gasteiger partial charge in [0.15, 0.2) is 0 Å². The van der Waals surface area contributed by atoms with Gasteiger partial charge in [-0.2, -0.15) is 0 Å². The van der Waals surface area contributed by atoms with Gasteiger partial charge in [-0.25, -0.2) is 14.4 Å². The monoisotopic (exact) mass is 365 g/mol. The average molecular weight is 365 g/mol. The summed E-state index contributed by atoms with van der Waals surface area (Å²) in [5.41, 5.74) is 4.31. The summed E-state index contributed by atoms with van der Waals surface area (Å²) in [5, 5.41) is 0.831. The zero-order chi connectivity index (χ0) is 18.9. The SMILES string of the molecule is Fc1cccc2c(-c3ccccc3)c(-c3ccccc3)n(-c3ncccn3)c12. The van der Waals surface area contributed by atoms with E-state index >= 15 is 4.39 Å². The van der Waals surface area contributed by atoms with Crippen molar-refractivity contribution in [1.82, 2.24) is 14.5 Å². The highest BCUT2D eigenvalue weighted by Gasteiger charge is 2.24. The second kappa shape index (κ2) is 6.74. The smallest absolute Gasteiger partial charge is 0.234 e. The molecule has 0 saturated heterocycles. The first kappa shape index (κ1) is 16.4. The lowest BCUT2D eigenvalue weighted by atomic mass is 9.98. The van der Waals surface area contributed by atoms with E-state index in [1.807, 2.05) is 71.3 Å². The Balaban J connectivity index is 2.00. The summed E-state index contributed by atoms with van der Waals surface area (Å²) in [4.78, 5) is 8.84. The third kappa shape index (κ3) is 2.58. The van der Waals surface area contributed by atoms with Crippen LogP contribution < -0.4 is 0 Å². The molecule has 0 radical (unpaired) electrons. The molecule has 0 aliphatic heterocycles. The van der Waals surface area contributed by atoms with Crippen molar-refractivity contribution in [2.45, 2.75) is 0 Å². The lowest BCUT2D eigenvalue weighted by Gasteiger charge is -2.11. The fourth-order valence-electron chi connectivity index (χ4n) is 3.67. The maximum absolute atomic E-state index is 15.1. The van der Waals surface area contributed by atoms with Crippen molar-refractivity contribution in [1.29, 1.82) is 0 Å². The summed E-state index contributed by atoms with van der Waals surface area (Å²) in [6, 6.07) is 27.0. The van der Waals surface area contributed by atoms with Crippen molar-refractivity contribution >= 4 is 10.9 Å². The third-order valence-corrected chi connectivity index (χ3v) is 4.80. The molecule has 0 unspecified atom stereocenters. The number of rotatable bonds is 3. The molecule has 2 aromatic heterocycles. The van der Waals surface area contributed by atoms with E-state index in [0.29, 0.717) is 11.5 Å². The van der Waals surface area contributed by atoms with Crippen LogP contribution in [-0.4, -0.2) is 14.5 Å². The molecule has 134 valence electrons. The van der Waals surface area contributed by atoms with Gasteiger partial charge in [-0.1, -0.05) is 72.8 Å². The molecule has 0 atom stereocenters. The molecule has 0 amide bonds. The summed E-state index contributed by atoms with van der Waals surface area (Å²) in [7, 11) is 0. The molecular formula is C24H16FN3. The van der Waals surface area contributed by atoms with Gasteiger partial charge >= 0.3 is 0 Å². The van der Waals surface area contributed by atoms with E-state index in [0.717, 1.165) is 27.8 Å². The van der Waals surface area contributed by atoms with Gasteiger partial charge < -0.3 is 0 Å². The molecule has 0 saturated carbocycles. The third-order valence-electron chi connectivity index (χ3n) is 4.80. The summed E-state index contributed by atoms with van der Waals surface area (Å²) in [5.74, 6) is 0.142. The van der Waals surface area contributed by atoms with Crippen LogP contribution in [0.4, 0.5) is 4.39 Å². The van der Waals surface area contributed by atoms with Crippen LogP contribution in [0.1, 0.15) is 0 Å². The zero-order valence-corrected chi connectivity index (χ0v) is 15.0. The van der Waals surface area contributed by atoms with Gasteiger partial charge in [0.1, 0.15) is 5.82 Å². The minimum atomic E-state index is -0.302. The van der Waals surface area contributed by atoms with Gasteiger partial charge in [0.25, 0.3) is 0 Å². The lowest BCUT2D eigenvalue weighted by Crippen LogP contribution is -2.03. The number of nitrogens with zero attached hydrogens (tertiary/aromatic N) is 3. The molecule has 0 bridgehead atoms. The molecule has 0 N–H and O–H groups in total. The van der Waals surface area contributed by atoms with Crippen LogP contribution in [-0.2, 0) is 0 Å². The Morgan fingerprint density at radius 2 is 1.29 bits per heavy atom. The highest BCUT2D eigenvalue weighted by Crippen LogP contribution is 2.42. The number of hydrogen-bond donors (Lipinski definition) is 0. The molecule has 2 heterocycles. The highest BCUT2D eigenvalue weighted by atomic mass is 19.1. The van der Waals surface area contributed by atoms with Gasteiger partial charge in [0.2, 0.25) is 5.95 Å². The lowest BCUT2D eigenvalue weighted by molar-refractivity contribution is 0.634. The van der Waals surface area contributed by atoms with E-state index in [1.54, 1.807) is 24.5 Å². The van der Waals surface area contributed by atoms with Gasteiger partial charge in [0.05, 0.1) is 11.2 Å². The number of hydrogen-bond acceptors (Lipinski definition) is 2. The second-order valence-electron chi connectivity index (χ2n) is 6.48. The summed E-state index contributed by atoms with van der Waals surface area (Å²) in [6.45, 7) is 0. The Morgan fingerprint density at radius 1 is 0.643 bits per heavy atom. The maximum atomic E-state index is 15.1. The summed E-state index contributed by atoms with van der Waals surface area (Å²) >= 11 is 0. The minimum absolute atomic E-state index is 0.302. The fraction of sp³-hybridized carbons (Fsp3) is 0. The normalized spacial score (nSPS) is 11.0. The van der Waals surface area contributed by atoms with E-state index in [1.165, 1.54) is 6.07 Å². The van der Waals surface area contributed by atoms with Gasteiger partial charge in [-0.15, -0.1) is 0 Å². The van der Waals surface area contributed by atoms with E-state index in [4.69, 9.17) is 0 Å². The van der Waals surface area contributed by atoms with Crippen LogP contribution in [0, 0.1) is 5.82 Å². The Labute approximate surface area is 161 Å². The van der Waals surface area contributed by atoms with Crippen LogP contribution in [0.15, 0.2) is 97.3 Å². The number of aromatic nitrogens is 3. The van der Waals surface area contributed by atoms with Crippen molar-refractivity contribution in [3.05, 3.63) is 103 Å². The summed E-state index contributed by atoms with van der Waals surface area (Å²) < 4.78 is 16.9. The first-order chi connectivity index (χ1) is 13.8. The van der Waals surface area contributed by atoms with Gasteiger partial charge in [-0.05, 0) is 23.3 Å². The molecule has 0 aliphatic carbocycles. The van der Waals surface area contributed by atoms with E-state index in [9.17, 15) is 0 Å². The summed E-state index contributed by atoms with van der Waals surface area (Å²) in [6.07, 6.45) is 3.35. The largest absolute Gasteiger partial charge is 0.274 e. The van der Waals surface area contributed by atoms with Crippen molar-refractivity contribution in [2.75, 3.05) is 0 Å². The number of fused-ring (bicyclic) bond motifs is 1. The first-order valence-electron chi connectivity index (χ1n) is 9.06. The maximum Gasteiger partial charge on any atom is 0.234 e. The topological polar surface area (TPSA) is 30.7 Å². The van der Waals surface area contributed by atoms with E-state index in [-0.39, 0.29) is 5.82 Å². The Morgan fingerprint density at radius 3 is 1.96 bits per heavy atom. The van der Waals surface area contributed by atoms with Crippen LogP contribution in [0.5, 0.6) is 0 Å². The minimum Gasteiger partial charge on any atom is -0.274 e. The van der Waals surface area contributed by atoms with E-state index < -0.39 is 0 Å². The van der Waals surface area contributed by atoms with Crippen molar-refractivity contribution in [2.24, 2.45) is 0 Å². The quantitative estimate of drug-likeness (QED) is 0.399. The molecule has 5 rings (SSSR count). The number of halogens is 1. The molecule has 3 nitrogen and oxygen atoms in total. The molecule has 0 spiro atoms. The number of para-hydroxylation sites is 1. The molecule has 3 aromatic carbocycles. The number of benzene rings is 3. The van der Waals surface area contributed by atoms with Crippen molar-refractivity contribution in [3.63, 3.8) is 0 Å². The molecule has 28 heavy (non-hydrogen) atoms. The van der Waals surface area contributed by atoms with Gasteiger partial charge in [0, 0.05) is 23.3 Å². The zero-order valence-electron chi connectivity index (χ0n) is 15.0. The van der Waals surface area contributed by atoms with Crippen LogP contribution >= 0.6 is 0 Å². The molecule has 5 aromatic rings. The Hall–Kier alpha value is -3.79. The Kier molecular flexibility index (Phi) is 3.95. The predicted molar refractivity (Wildman–Crippen MR) is 110 cm³/mol. The van der Waals surface area contributed by atoms with Crippen molar-refractivity contribution in [3.8, 4) is 28.3 Å². The van der Waals surface area contributed by atoms with Crippen LogP contribution in [0.25, 0.3) is 39.2 Å². The van der Waals surface area contributed by atoms with Crippen molar-refractivity contribution < 1.29 is 4.39 Å². The van der Waals surface area contributed by atoms with Crippen LogP contribution in [0.3, 0.4) is 0 Å². The predicted octanol–water partition coefficient (Wildman–Crippen LogP) is 5.89. The van der Waals surface area contributed by atoms with Gasteiger partial charge in [-0.3, -0.25) is 4.57 Å². The molecule has 4 heteroatoms. The second-order valence-corrected chi connectivity index (χ2v) is 6.48. The fourth-order valence-corrected chi connectivity index (χ4v) is 3.67. The standard InChI is InChI=1S/C24H16FN3/c25-20-14-7-13-19-21(17-9-3-1-4-10-17)22(18-11-5-2-6-12-18)28(23(19)20)24-26-15-8-16-27-24/h1-16H.